The number of halogens is 2. The molecular formula is C23H22Cl2N4S. The zero-order chi connectivity index (χ0) is 21.4. The van der Waals surface area contributed by atoms with Gasteiger partial charge in [-0.25, -0.2) is 0 Å². The van der Waals surface area contributed by atoms with Gasteiger partial charge in [0.25, 0.3) is 0 Å². The van der Waals surface area contributed by atoms with E-state index in [2.05, 4.69) is 72.6 Å². The lowest BCUT2D eigenvalue weighted by Gasteiger charge is -2.17. The molecule has 154 valence electrons. The fourth-order valence-corrected chi connectivity index (χ4v) is 5.47. The van der Waals surface area contributed by atoms with Gasteiger partial charge in [-0.2, -0.15) is 5.21 Å². The first-order chi connectivity index (χ1) is 14.4. The normalized spacial score (nSPS) is 11.6. The molecule has 0 amide bonds. The van der Waals surface area contributed by atoms with E-state index in [-0.39, 0.29) is 5.92 Å². The molecule has 4 nitrogen and oxygen atoms in total. The van der Waals surface area contributed by atoms with Crippen LogP contribution in [0.3, 0.4) is 0 Å². The van der Waals surface area contributed by atoms with Gasteiger partial charge in [0.2, 0.25) is 5.82 Å². The van der Waals surface area contributed by atoms with Gasteiger partial charge in [0.1, 0.15) is 0 Å². The third kappa shape index (κ3) is 3.89. The molecule has 4 rings (SSSR count). The van der Waals surface area contributed by atoms with Crippen LogP contribution < -0.4 is 0 Å². The van der Waals surface area contributed by atoms with Crippen LogP contribution in [0.15, 0.2) is 42.5 Å². The Morgan fingerprint density at radius 1 is 0.900 bits per heavy atom. The Morgan fingerprint density at radius 2 is 1.70 bits per heavy atom. The molecule has 2 heterocycles. The Bertz CT molecular complexity index is 1180. The lowest BCUT2D eigenvalue weighted by Crippen LogP contribution is -1.96. The smallest absolute Gasteiger partial charge is 0.177 e. The number of nitrogens with zero attached hydrogens (tertiary/aromatic N) is 3. The minimum Gasteiger partial charge on any atom is -0.177 e. The number of aromatic amines is 1. The summed E-state index contributed by atoms with van der Waals surface area (Å²) in [5.41, 5.74) is 5.76. The van der Waals surface area contributed by atoms with E-state index in [1.807, 2.05) is 18.2 Å². The zero-order valence-electron chi connectivity index (χ0n) is 17.2. The summed E-state index contributed by atoms with van der Waals surface area (Å²) in [6.07, 6.45) is 0. The maximum absolute atomic E-state index is 6.63. The first-order valence-corrected chi connectivity index (χ1v) is 11.4. The average molecular weight is 457 g/mol. The summed E-state index contributed by atoms with van der Waals surface area (Å²) >= 11 is 14.6. The molecule has 7 heteroatoms. The van der Waals surface area contributed by atoms with Crippen LogP contribution in [0.1, 0.15) is 50.7 Å². The molecule has 0 saturated carbocycles. The van der Waals surface area contributed by atoms with Crippen molar-refractivity contribution in [1.29, 1.82) is 0 Å². The number of benzene rings is 2. The number of hydrogen-bond donors (Lipinski definition) is 1. The van der Waals surface area contributed by atoms with Crippen LogP contribution in [0, 0.1) is 0 Å². The SMILES string of the molecule is CC(C)c1cc(Cl)ccc1-c1sc(-c2nn[nH]n2)cc1-c1cccc(Cl)c1C(C)C. The van der Waals surface area contributed by atoms with Crippen LogP contribution in [0.5, 0.6) is 0 Å². The Labute approximate surface area is 190 Å². The number of H-pyrrole nitrogens is 1. The zero-order valence-corrected chi connectivity index (χ0v) is 19.5. The second-order valence-electron chi connectivity index (χ2n) is 7.83. The second-order valence-corrected chi connectivity index (χ2v) is 9.73. The molecule has 4 aromatic rings. The summed E-state index contributed by atoms with van der Waals surface area (Å²) in [6, 6.07) is 14.3. The summed E-state index contributed by atoms with van der Waals surface area (Å²) in [5, 5.41) is 16.2. The Morgan fingerprint density at radius 3 is 2.37 bits per heavy atom. The number of rotatable bonds is 5. The highest BCUT2D eigenvalue weighted by molar-refractivity contribution is 7.19. The molecule has 0 aliphatic carbocycles. The number of nitrogens with one attached hydrogen (secondary N) is 1. The van der Waals surface area contributed by atoms with E-state index in [1.165, 1.54) is 11.1 Å². The Hall–Kier alpha value is -2.21. The standard InChI is InChI=1S/C23H22Cl2N4S/c1-12(2)17-10-14(24)8-9-16(17)22-18(11-20(30-22)23-26-28-29-27-23)15-6-5-7-19(25)21(15)13(3)4/h5-13H,1-4H3,(H,26,27,28,29). The van der Waals surface area contributed by atoms with Crippen LogP contribution in [0.25, 0.3) is 32.3 Å². The fourth-order valence-electron chi connectivity index (χ4n) is 3.74. The van der Waals surface area contributed by atoms with Gasteiger partial charge in [0, 0.05) is 20.5 Å². The summed E-state index contributed by atoms with van der Waals surface area (Å²) in [7, 11) is 0. The van der Waals surface area contributed by atoms with Gasteiger partial charge in [0.05, 0.1) is 4.88 Å². The van der Waals surface area contributed by atoms with E-state index in [0.717, 1.165) is 36.5 Å². The predicted octanol–water partition coefficient (Wildman–Crippen LogP) is 7.82. The minimum absolute atomic E-state index is 0.282. The number of hydrogen-bond acceptors (Lipinski definition) is 4. The molecule has 0 aliphatic rings. The number of tetrazole rings is 1. The van der Waals surface area contributed by atoms with Crippen molar-refractivity contribution in [2.24, 2.45) is 0 Å². The molecule has 0 saturated heterocycles. The highest BCUT2D eigenvalue weighted by atomic mass is 35.5. The van der Waals surface area contributed by atoms with Crippen molar-refractivity contribution in [3.63, 3.8) is 0 Å². The van der Waals surface area contributed by atoms with Gasteiger partial charge >= 0.3 is 0 Å². The first-order valence-electron chi connectivity index (χ1n) is 9.83. The van der Waals surface area contributed by atoms with E-state index < -0.39 is 0 Å². The van der Waals surface area contributed by atoms with Crippen LogP contribution in [-0.2, 0) is 0 Å². The lowest BCUT2D eigenvalue weighted by atomic mass is 9.89. The van der Waals surface area contributed by atoms with Gasteiger partial charge in [0.15, 0.2) is 0 Å². The maximum atomic E-state index is 6.63. The van der Waals surface area contributed by atoms with E-state index in [9.17, 15) is 0 Å². The van der Waals surface area contributed by atoms with E-state index in [4.69, 9.17) is 23.2 Å². The number of thiophene rings is 1. The van der Waals surface area contributed by atoms with E-state index in [1.54, 1.807) is 11.3 Å². The van der Waals surface area contributed by atoms with Crippen molar-refractivity contribution < 1.29 is 0 Å². The molecule has 0 bridgehead atoms. The molecule has 0 atom stereocenters. The molecule has 0 aliphatic heterocycles. The van der Waals surface area contributed by atoms with Crippen LogP contribution in [0.2, 0.25) is 10.0 Å². The van der Waals surface area contributed by atoms with Crippen LogP contribution >= 0.6 is 34.5 Å². The minimum atomic E-state index is 0.282. The molecule has 2 aromatic carbocycles. The van der Waals surface area contributed by atoms with Crippen molar-refractivity contribution in [3.05, 3.63) is 63.6 Å². The predicted molar refractivity (Wildman–Crippen MR) is 127 cm³/mol. The first kappa shape index (κ1) is 21.0. The Balaban J connectivity index is 2.03. The second kappa shape index (κ2) is 8.50. The topological polar surface area (TPSA) is 54.5 Å². The van der Waals surface area contributed by atoms with Gasteiger partial charge in [-0.3, -0.25) is 0 Å². The van der Waals surface area contributed by atoms with Gasteiger partial charge < -0.3 is 0 Å². The highest BCUT2D eigenvalue weighted by Crippen LogP contribution is 2.47. The van der Waals surface area contributed by atoms with Crippen molar-refractivity contribution in [2.45, 2.75) is 39.5 Å². The van der Waals surface area contributed by atoms with Crippen molar-refractivity contribution in [3.8, 4) is 32.3 Å². The van der Waals surface area contributed by atoms with E-state index >= 15 is 0 Å². The van der Waals surface area contributed by atoms with Crippen molar-refractivity contribution >= 4 is 34.5 Å². The average Bonchev–Trinajstić information content (AvgIpc) is 3.37. The van der Waals surface area contributed by atoms with Crippen LogP contribution in [0.4, 0.5) is 0 Å². The van der Waals surface area contributed by atoms with Gasteiger partial charge in [-0.05, 0) is 63.6 Å². The molecule has 0 fully saturated rings. The third-order valence-electron chi connectivity index (χ3n) is 5.10. The quantitative estimate of drug-likeness (QED) is 0.332. The largest absolute Gasteiger partial charge is 0.214 e. The van der Waals surface area contributed by atoms with E-state index in [0.29, 0.717) is 11.7 Å². The number of aromatic nitrogens is 4. The molecule has 1 N–H and O–H groups in total. The fraction of sp³-hybridized carbons (Fsp3) is 0.261. The monoisotopic (exact) mass is 456 g/mol. The highest BCUT2D eigenvalue weighted by Gasteiger charge is 2.22. The summed E-state index contributed by atoms with van der Waals surface area (Å²) in [6.45, 7) is 8.69. The van der Waals surface area contributed by atoms with Gasteiger partial charge in [-0.15, -0.1) is 21.5 Å². The Kier molecular flexibility index (Phi) is 5.96. The molecule has 2 aromatic heterocycles. The molecule has 30 heavy (non-hydrogen) atoms. The lowest BCUT2D eigenvalue weighted by molar-refractivity contribution is 0.868. The third-order valence-corrected chi connectivity index (χ3v) is 6.83. The van der Waals surface area contributed by atoms with Gasteiger partial charge in [-0.1, -0.05) is 69.1 Å². The molecule has 0 unspecified atom stereocenters. The molecular weight excluding hydrogens is 435 g/mol. The van der Waals surface area contributed by atoms with Crippen LogP contribution in [-0.4, -0.2) is 20.6 Å². The summed E-state index contributed by atoms with van der Waals surface area (Å²) in [5.74, 6) is 1.19. The summed E-state index contributed by atoms with van der Waals surface area (Å²) in [4.78, 5) is 2.10. The molecule has 0 radical (unpaired) electrons. The van der Waals surface area contributed by atoms with Crippen molar-refractivity contribution in [1.82, 2.24) is 20.6 Å². The maximum Gasteiger partial charge on any atom is 0.214 e. The summed E-state index contributed by atoms with van der Waals surface area (Å²) < 4.78 is 0. The molecule has 0 spiro atoms. The van der Waals surface area contributed by atoms with Crippen molar-refractivity contribution in [2.75, 3.05) is 0 Å².